The topological polar surface area (TPSA) is 80.5 Å². The molecule has 124 valence electrons. The van der Waals surface area contributed by atoms with Crippen LogP contribution in [0.3, 0.4) is 0 Å². The minimum atomic E-state index is -0.849. The number of amides is 1. The van der Waals surface area contributed by atoms with Crippen LogP contribution in [0.5, 0.6) is 0 Å². The summed E-state index contributed by atoms with van der Waals surface area (Å²) in [6.07, 6.45) is 5.44. The van der Waals surface area contributed by atoms with Crippen LogP contribution in [0.15, 0.2) is 18.5 Å². The van der Waals surface area contributed by atoms with Gasteiger partial charge in [-0.3, -0.25) is 4.98 Å². The van der Waals surface area contributed by atoms with E-state index in [0.29, 0.717) is 19.7 Å². The van der Waals surface area contributed by atoms with Crippen molar-refractivity contribution in [3.63, 3.8) is 0 Å². The van der Waals surface area contributed by atoms with Gasteiger partial charge in [0.25, 0.3) is 0 Å². The molecule has 0 spiro atoms. The predicted octanol–water partition coefficient (Wildman–Crippen LogP) is 2.33. The second-order valence-corrected chi connectivity index (χ2v) is 5.90. The van der Waals surface area contributed by atoms with Crippen LogP contribution in [-0.2, 0) is 11.3 Å². The van der Waals surface area contributed by atoms with Crippen LogP contribution in [0.4, 0.5) is 4.79 Å². The number of ether oxygens (including phenoxy) is 1. The number of carbonyl (C=O) groups is 1. The molecule has 1 amide bonds. The van der Waals surface area contributed by atoms with E-state index in [1.54, 1.807) is 13.3 Å². The summed E-state index contributed by atoms with van der Waals surface area (Å²) in [6.45, 7) is 2.61. The number of aromatic nitrogens is 3. The zero-order valence-electron chi connectivity index (χ0n) is 13.3. The van der Waals surface area contributed by atoms with Crippen molar-refractivity contribution < 1.29 is 14.6 Å². The highest BCUT2D eigenvalue weighted by atomic mass is 16.5. The molecule has 2 aromatic heterocycles. The first-order chi connectivity index (χ1) is 11.2. The van der Waals surface area contributed by atoms with Gasteiger partial charge in [0.2, 0.25) is 0 Å². The summed E-state index contributed by atoms with van der Waals surface area (Å²) in [5.41, 5.74) is 1.92. The van der Waals surface area contributed by atoms with Crippen LogP contribution in [0.1, 0.15) is 31.0 Å². The average Bonchev–Trinajstić information content (AvgIpc) is 2.94. The van der Waals surface area contributed by atoms with E-state index in [2.05, 4.69) is 9.55 Å². The molecule has 1 aliphatic heterocycles. The number of hydrogen-bond donors (Lipinski definition) is 1. The van der Waals surface area contributed by atoms with Crippen molar-refractivity contribution in [1.29, 1.82) is 0 Å². The largest absolute Gasteiger partial charge is 0.465 e. The Balaban J connectivity index is 1.92. The second kappa shape index (κ2) is 6.95. The minimum absolute atomic E-state index is 0.134. The van der Waals surface area contributed by atoms with Gasteiger partial charge >= 0.3 is 6.09 Å². The van der Waals surface area contributed by atoms with Gasteiger partial charge in [0.1, 0.15) is 5.82 Å². The fourth-order valence-electron chi connectivity index (χ4n) is 3.26. The summed E-state index contributed by atoms with van der Waals surface area (Å²) < 4.78 is 7.33. The van der Waals surface area contributed by atoms with Crippen LogP contribution in [0.25, 0.3) is 11.0 Å². The molecule has 1 saturated heterocycles. The summed E-state index contributed by atoms with van der Waals surface area (Å²) in [5, 5.41) is 9.26. The van der Waals surface area contributed by atoms with Crippen LogP contribution in [0.2, 0.25) is 0 Å². The number of rotatable bonds is 5. The van der Waals surface area contributed by atoms with Gasteiger partial charge in [-0.1, -0.05) is 0 Å². The molecule has 2 aromatic rings. The number of nitrogens with zero attached hydrogens (tertiary/aromatic N) is 4. The van der Waals surface area contributed by atoms with Gasteiger partial charge in [0, 0.05) is 45.5 Å². The lowest BCUT2D eigenvalue weighted by atomic mass is 9.97. The first-order valence-electron chi connectivity index (χ1n) is 7.97. The Labute approximate surface area is 134 Å². The molecule has 1 N–H and O–H groups in total. The van der Waals surface area contributed by atoms with Crippen molar-refractivity contribution in [3.8, 4) is 0 Å². The zero-order valence-corrected chi connectivity index (χ0v) is 13.3. The van der Waals surface area contributed by atoms with Crippen LogP contribution in [0, 0.1) is 0 Å². The molecular weight excluding hydrogens is 296 g/mol. The molecule has 0 radical (unpaired) electrons. The summed E-state index contributed by atoms with van der Waals surface area (Å²) in [7, 11) is 1.69. The van der Waals surface area contributed by atoms with Crippen molar-refractivity contribution in [2.75, 3.05) is 26.8 Å². The molecule has 0 aromatic carbocycles. The molecule has 0 saturated carbocycles. The van der Waals surface area contributed by atoms with Gasteiger partial charge in [-0.15, -0.1) is 0 Å². The maximum atomic E-state index is 11.3. The monoisotopic (exact) mass is 318 g/mol. The average molecular weight is 318 g/mol. The predicted molar refractivity (Wildman–Crippen MR) is 85.6 cm³/mol. The van der Waals surface area contributed by atoms with Crippen molar-refractivity contribution in [1.82, 2.24) is 19.4 Å². The minimum Gasteiger partial charge on any atom is -0.465 e. The molecule has 0 bridgehead atoms. The van der Waals surface area contributed by atoms with E-state index < -0.39 is 6.09 Å². The lowest BCUT2D eigenvalue weighted by Gasteiger charge is -2.30. The number of pyridine rings is 1. The third kappa shape index (κ3) is 3.29. The fourth-order valence-corrected chi connectivity index (χ4v) is 3.26. The van der Waals surface area contributed by atoms with Crippen LogP contribution >= 0.6 is 0 Å². The van der Waals surface area contributed by atoms with Gasteiger partial charge in [-0.2, -0.15) is 0 Å². The van der Waals surface area contributed by atoms with E-state index in [1.165, 1.54) is 4.90 Å². The molecule has 7 nitrogen and oxygen atoms in total. The Kier molecular flexibility index (Phi) is 4.76. The fraction of sp³-hybridized carbons (Fsp3) is 0.562. The number of likely N-dealkylation sites (tertiary alicyclic amines) is 1. The highest BCUT2D eigenvalue weighted by molar-refractivity contribution is 5.75. The summed E-state index contributed by atoms with van der Waals surface area (Å²) in [6, 6.07) is 1.91. The SMILES string of the molecule is COCCCn1c(C2CCCN(C(=O)O)C2)nc2ccncc21. The van der Waals surface area contributed by atoms with Crippen molar-refractivity contribution in [2.45, 2.75) is 31.7 Å². The van der Waals surface area contributed by atoms with Crippen molar-refractivity contribution in [3.05, 3.63) is 24.3 Å². The summed E-state index contributed by atoms with van der Waals surface area (Å²) in [4.78, 5) is 21.7. The van der Waals surface area contributed by atoms with Gasteiger partial charge < -0.3 is 19.3 Å². The Hall–Kier alpha value is -2.15. The Morgan fingerprint density at radius 3 is 3.17 bits per heavy atom. The molecule has 3 heterocycles. The maximum absolute atomic E-state index is 11.3. The van der Waals surface area contributed by atoms with E-state index in [0.717, 1.165) is 42.7 Å². The standard InChI is InChI=1S/C16H22N4O3/c1-23-9-3-8-20-14-10-17-6-5-13(14)18-15(20)12-4-2-7-19(11-12)16(21)22/h5-6,10,12H,2-4,7-9,11H2,1H3,(H,21,22). The zero-order chi connectivity index (χ0) is 16.2. The number of fused-ring (bicyclic) bond motifs is 1. The smallest absolute Gasteiger partial charge is 0.407 e. The van der Waals surface area contributed by atoms with E-state index in [1.807, 2.05) is 12.3 Å². The summed E-state index contributed by atoms with van der Waals surface area (Å²) in [5.74, 6) is 1.10. The van der Waals surface area contributed by atoms with E-state index in [-0.39, 0.29) is 5.92 Å². The Bertz CT molecular complexity index is 685. The van der Waals surface area contributed by atoms with E-state index in [9.17, 15) is 9.90 Å². The normalized spacial score (nSPS) is 18.5. The van der Waals surface area contributed by atoms with Crippen LogP contribution in [-0.4, -0.2) is 57.4 Å². The molecule has 1 atom stereocenters. The van der Waals surface area contributed by atoms with Gasteiger partial charge in [-0.25, -0.2) is 9.78 Å². The second-order valence-electron chi connectivity index (χ2n) is 5.90. The molecule has 1 aliphatic rings. The first kappa shape index (κ1) is 15.7. The first-order valence-corrected chi connectivity index (χ1v) is 7.97. The van der Waals surface area contributed by atoms with Gasteiger partial charge in [0.05, 0.1) is 17.2 Å². The number of aryl methyl sites for hydroxylation is 1. The molecular formula is C16H22N4O3. The number of methoxy groups -OCH3 is 1. The maximum Gasteiger partial charge on any atom is 0.407 e. The lowest BCUT2D eigenvalue weighted by Crippen LogP contribution is -2.38. The molecule has 1 fully saturated rings. The molecule has 23 heavy (non-hydrogen) atoms. The van der Waals surface area contributed by atoms with E-state index >= 15 is 0 Å². The number of imidazole rings is 1. The highest BCUT2D eigenvalue weighted by Crippen LogP contribution is 2.29. The summed E-state index contributed by atoms with van der Waals surface area (Å²) >= 11 is 0. The van der Waals surface area contributed by atoms with Crippen LogP contribution < -0.4 is 0 Å². The molecule has 0 aliphatic carbocycles. The van der Waals surface area contributed by atoms with Gasteiger partial charge in [-0.05, 0) is 25.3 Å². The number of carboxylic acid groups (broad SMARTS) is 1. The van der Waals surface area contributed by atoms with Crippen molar-refractivity contribution in [2.24, 2.45) is 0 Å². The van der Waals surface area contributed by atoms with E-state index in [4.69, 9.17) is 9.72 Å². The third-order valence-electron chi connectivity index (χ3n) is 4.37. The van der Waals surface area contributed by atoms with Crippen molar-refractivity contribution >= 4 is 17.1 Å². The Morgan fingerprint density at radius 1 is 1.52 bits per heavy atom. The lowest BCUT2D eigenvalue weighted by molar-refractivity contribution is 0.129. The number of piperidine rings is 1. The van der Waals surface area contributed by atoms with Gasteiger partial charge in [0.15, 0.2) is 0 Å². The third-order valence-corrected chi connectivity index (χ3v) is 4.37. The Morgan fingerprint density at radius 2 is 2.39 bits per heavy atom. The molecule has 7 heteroatoms. The number of hydrogen-bond acceptors (Lipinski definition) is 4. The molecule has 1 unspecified atom stereocenters. The molecule has 3 rings (SSSR count). The highest BCUT2D eigenvalue weighted by Gasteiger charge is 2.28. The quantitative estimate of drug-likeness (QED) is 0.856.